The molecule has 5 nitrogen and oxygen atoms in total. The Balaban J connectivity index is 2.03. The standard InChI is InChI=1S/C19H20ClNO4/c1-12-3-5-13(6-4-12)7-10-17(22)21-18(19(23)24)14-8-9-16(25-2)15(20)11-14/h3-6,8-9,11,18H,7,10H2,1-2H3,(H,21,22)(H,23,24). The molecule has 0 saturated heterocycles. The fourth-order valence-electron chi connectivity index (χ4n) is 2.40. The summed E-state index contributed by atoms with van der Waals surface area (Å²) >= 11 is 6.04. The lowest BCUT2D eigenvalue weighted by molar-refractivity contribution is -0.142. The summed E-state index contributed by atoms with van der Waals surface area (Å²) in [5.74, 6) is -1.04. The van der Waals surface area contributed by atoms with E-state index in [-0.39, 0.29) is 12.3 Å². The predicted molar refractivity (Wildman–Crippen MR) is 96.0 cm³/mol. The molecule has 2 rings (SSSR count). The highest BCUT2D eigenvalue weighted by Gasteiger charge is 2.22. The number of carbonyl (C=O) groups is 2. The van der Waals surface area contributed by atoms with Crippen molar-refractivity contribution in [2.75, 3.05) is 7.11 Å². The number of carbonyl (C=O) groups excluding carboxylic acids is 1. The van der Waals surface area contributed by atoms with Gasteiger partial charge in [-0.2, -0.15) is 0 Å². The van der Waals surface area contributed by atoms with Gasteiger partial charge in [-0.1, -0.05) is 47.5 Å². The number of ether oxygens (including phenoxy) is 1. The van der Waals surface area contributed by atoms with E-state index in [0.717, 1.165) is 11.1 Å². The number of nitrogens with one attached hydrogen (secondary N) is 1. The van der Waals surface area contributed by atoms with Crippen LogP contribution < -0.4 is 10.1 Å². The molecule has 1 atom stereocenters. The molecule has 0 fully saturated rings. The number of carboxylic acid groups (broad SMARTS) is 1. The second-order valence-electron chi connectivity index (χ2n) is 5.72. The first-order chi connectivity index (χ1) is 11.9. The molecule has 1 amide bonds. The number of hydrogen-bond donors (Lipinski definition) is 2. The number of aliphatic carboxylic acids is 1. The van der Waals surface area contributed by atoms with Crippen LogP contribution in [0.4, 0.5) is 0 Å². The van der Waals surface area contributed by atoms with E-state index in [4.69, 9.17) is 16.3 Å². The maximum atomic E-state index is 12.1. The number of hydrogen-bond acceptors (Lipinski definition) is 3. The van der Waals surface area contributed by atoms with E-state index in [9.17, 15) is 14.7 Å². The van der Waals surface area contributed by atoms with Gasteiger partial charge in [0.2, 0.25) is 5.91 Å². The number of amides is 1. The molecule has 0 spiro atoms. The molecule has 2 aromatic rings. The van der Waals surface area contributed by atoms with E-state index in [1.807, 2.05) is 31.2 Å². The maximum absolute atomic E-state index is 12.1. The number of aryl methyl sites for hydroxylation is 2. The summed E-state index contributed by atoms with van der Waals surface area (Å²) in [7, 11) is 1.47. The van der Waals surface area contributed by atoms with Crippen LogP contribution in [-0.2, 0) is 16.0 Å². The molecule has 6 heteroatoms. The van der Waals surface area contributed by atoms with E-state index >= 15 is 0 Å². The third-order valence-corrected chi connectivity index (χ3v) is 4.12. The van der Waals surface area contributed by atoms with Crippen molar-refractivity contribution in [3.05, 3.63) is 64.2 Å². The van der Waals surface area contributed by atoms with Crippen molar-refractivity contribution < 1.29 is 19.4 Å². The largest absolute Gasteiger partial charge is 0.495 e. The zero-order valence-electron chi connectivity index (χ0n) is 14.1. The summed E-state index contributed by atoms with van der Waals surface area (Å²) in [5.41, 5.74) is 2.57. The summed E-state index contributed by atoms with van der Waals surface area (Å²) in [6.45, 7) is 1.99. The second-order valence-corrected chi connectivity index (χ2v) is 6.13. The molecular formula is C19H20ClNO4. The van der Waals surface area contributed by atoms with Crippen LogP contribution in [0.1, 0.15) is 29.2 Å². The molecule has 0 aliphatic rings. The van der Waals surface area contributed by atoms with Gasteiger partial charge in [0, 0.05) is 6.42 Å². The van der Waals surface area contributed by atoms with Gasteiger partial charge in [-0.05, 0) is 36.6 Å². The third kappa shape index (κ3) is 5.22. The summed E-state index contributed by atoms with van der Waals surface area (Å²) in [6.07, 6.45) is 0.749. The lowest BCUT2D eigenvalue weighted by Crippen LogP contribution is -2.33. The average Bonchev–Trinajstić information content (AvgIpc) is 2.59. The SMILES string of the molecule is COc1ccc(C(NC(=O)CCc2ccc(C)cc2)C(=O)O)cc1Cl. The molecular weight excluding hydrogens is 342 g/mol. The minimum atomic E-state index is -1.16. The molecule has 0 bridgehead atoms. The van der Waals surface area contributed by atoms with Crippen LogP contribution >= 0.6 is 11.6 Å². The van der Waals surface area contributed by atoms with Crippen LogP contribution in [0.5, 0.6) is 5.75 Å². The van der Waals surface area contributed by atoms with Crippen molar-refractivity contribution in [1.82, 2.24) is 5.32 Å². The first kappa shape index (κ1) is 18.8. The number of carboxylic acids is 1. The van der Waals surface area contributed by atoms with Crippen LogP contribution in [-0.4, -0.2) is 24.1 Å². The minimum Gasteiger partial charge on any atom is -0.495 e. The van der Waals surface area contributed by atoms with Crippen LogP contribution in [0.3, 0.4) is 0 Å². The smallest absolute Gasteiger partial charge is 0.330 e. The molecule has 25 heavy (non-hydrogen) atoms. The molecule has 2 aromatic carbocycles. The summed E-state index contributed by atoms with van der Waals surface area (Å²) < 4.78 is 5.05. The highest BCUT2D eigenvalue weighted by atomic mass is 35.5. The summed E-state index contributed by atoms with van der Waals surface area (Å²) in [5, 5.41) is 12.3. The molecule has 0 aliphatic heterocycles. The van der Waals surface area contributed by atoms with Crippen molar-refractivity contribution in [3.8, 4) is 5.75 Å². The Labute approximate surface area is 151 Å². The fourth-order valence-corrected chi connectivity index (χ4v) is 2.66. The van der Waals surface area contributed by atoms with E-state index in [1.165, 1.54) is 13.2 Å². The lowest BCUT2D eigenvalue weighted by atomic mass is 10.1. The number of benzene rings is 2. The Morgan fingerprint density at radius 3 is 2.44 bits per heavy atom. The van der Waals surface area contributed by atoms with E-state index < -0.39 is 12.0 Å². The Morgan fingerprint density at radius 1 is 1.20 bits per heavy atom. The number of rotatable bonds is 7. The van der Waals surface area contributed by atoms with Gasteiger partial charge in [-0.3, -0.25) is 4.79 Å². The molecule has 0 radical (unpaired) electrons. The number of methoxy groups -OCH3 is 1. The Morgan fingerprint density at radius 2 is 1.88 bits per heavy atom. The van der Waals surface area contributed by atoms with Crippen molar-refractivity contribution in [2.45, 2.75) is 25.8 Å². The first-order valence-electron chi connectivity index (χ1n) is 7.82. The fraction of sp³-hybridized carbons (Fsp3) is 0.263. The average molecular weight is 362 g/mol. The zero-order valence-corrected chi connectivity index (χ0v) is 14.8. The first-order valence-corrected chi connectivity index (χ1v) is 8.19. The number of halogens is 1. The van der Waals surface area contributed by atoms with Crippen molar-refractivity contribution in [3.63, 3.8) is 0 Å². The molecule has 0 aliphatic carbocycles. The predicted octanol–water partition coefficient (Wildman–Crippen LogP) is 3.53. The highest BCUT2D eigenvalue weighted by molar-refractivity contribution is 6.32. The molecule has 1 unspecified atom stereocenters. The lowest BCUT2D eigenvalue weighted by Gasteiger charge is -2.16. The van der Waals surface area contributed by atoms with Crippen LogP contribution in [0, 0.1) is 6.92 Å². The quantitative estimate of drug-likeness (QED) is 0.791. The second kappa shape index (κ2) is 8.53. The minimum absolute atomic E-state index is 0.205. The molecule has 2 N–H and O–H groups in total. The van der Waals surface area contributed by atoms with Gasteiger partial charge < -0.3 is 15.2 Å². The molecule has 0 heterocycles. The normalized spacial score (nSPS) is 11.6. The van der Waals surface area contributed by atoms with E-state index in [0.29, 0.717) is 22.8 Å². The van der Waals surface area contributed by atoms with E-state index in [2.05, 4.69) is 5.32 Å². The third-order valence-electron chi connectivity index (χ3n) is 3.82. The van der Waals surface area contributed by atoms with Crippen molar-refractivity contribution in [1.29, 1.82) is 0 Å². The van der Waals surface area contributed by atoms with Crippen LogP contribution in [0.2, 0.25) is 5.02 Å². The summed E-state index contributed by atoms with van der Waals surface area (Å²) in [4.78, 5) is 23.7. The van der Waals surface area contributed by atoms with Crippen LogP contribution in [0.15, 0.2) is 42.5 Å². The van der Waals surface area contributed by atoms with Gasteiger partial charge in [0.15, 0.2) is 6.04 Å². The van der Waals surface area contributed by atoms with E-state index in [1.54, 1.807) is 12.1 Å². The van der Waals surface area contributed by atoms with Gasteiger partial charge in [-0.15, -0.1) is 0 Å². The molecule has 0 saturated carbocycles. The monoisotopic (exact) mass is 361 g/mol. The van der Waals surface area contributed by atoms with Gasteiger partial charge in [0.1, 0.15) is 5.75 Å². The summed E-state index contributed by atoms with van der Waals surface area (Å²) in [6, 6.07) is 11.4. The topological polar surface area (TPSA) is 75.6 Å². The Hall–Kier alpha value is -2.53. The molecule has 0 aromatic heterocycles. The Bertz CT molecular complexity index is 759. The van der Waals surface area contributed by atoms with Crippen molar-refractivity contribution in [2.24, 2.45) is 0 Å². The van der Waals surface area contributed by atoms with Gasteiger partial charge in [0.05, 0.1) is 12.1 Å². The van der Waals surface area contributed by atoms with Crippen LogP contribution in [0.25, 0.3) is 0 Å². The highest BCUT2D eigenvalue weighted by Crippen LogP contribution is 2.27. The maximum Gasteiger partial charge on any atom is 0.330 e. The van der Waals surface area contributed by atoms with Crippen molar-refractivity contribution >= 4 is 23.5 Å². The zero-order chi connectivity index (χ0) is 18.4. The van der Waals surface area contributed by atoms with Gasteiger partial charge in [-0.25, -0.2) is 4.79 Å². The van der Waals surface area contributed by atoms with Gasteiger partial charge >= 0.3 is 5.97 Å². The Kier molecular flexibility index (Phi) is 6.42. The molecule has 132 valence electrons. The van der Waals surface area contributed by atoms with Gasteiger partial charge in [0.25, 0.3) is 0 Å².